The van der Waals surface area contributed by atoms with Crippen LogP contribution in [0.5, 0.6) is 0 Å². The molecule has 19 heavy (non-hydrogen) atoms. The number of ether oxygens (including phenoxy) is 2. The second-order valence-electron chi connectivity index (χ2n) is 6.46. The Balaban J connectivity index is 1.47. The zero-order valence-corrected chi connectivity index (χ0v) is 11.9. The van der Waals surface area contributed by atoms with Crippen LogP contribution in [0.4, 0.5) is 4.79 Å². The van der Waals surface area contributed by atoms with Crippen LogP contribution >= 0.6 is 0 Å². The van der Waals surface area contributed by atoms with E-state index in [1.807, 2.05) is 4.90 Å². The number of nitrogens with zero attached hydrogens (tertiary/aromatic N) is 2. The van der Waals surface area contributed by atoms with Gasteiger partial charge in [-0.15, -0.1) is 0 Å². The first-order valence-corrected chi connectivity index (χ1v) is 7.30. The molecule has 1 saturated carbocycles. The lowest BCUT2D eigenvalue weighted by Crippen LogP contribution is -2.68. The molecule has 2 heterocycles. The lowest BCUT2D eigenvalue weighted by Gasteiger charge is -2.53. The number of amides is 2. The summed E-state index contributed by atoms with van der Waals surface area (Å²) in [7, 11) is 3.58. The monoisotopic (exact) mass is 268 g/mol. The van der Waals surface area contributed by atoms with E-state index < -0.39 is 0 Å². The van der Waals surface area contributed by atoms with E-state index in [-0.39, 0.29) is 11.6 Å². The van der Waals surface area contributed by atoms with E-state index in [2.05, 4.69) is 0 Å². The zero-order valence-electron chi connectivity index (χ0n) is 11.9. The van der Waals surface area contributed by atoms with Gasteiger partial charge in [0.2, 0.25) is 0 Å². The summed E-state index contributed by atoms with van der Waals surface area (Å²) in [6.07, 6.45) is 4.93. The van der Waals surface area contributed by atoms with Crippen molar-refractivity contribution in [3.05, 3.63) is 0 Å². The topological polar surface area (TPSA) is 42.0 Å². The summed E-state index contributed by atoms with van der Waals surface area (Å²) in [4.78, 5) is 15.3. The number of rotatable bonds is 3. The fourth-order valence-electron chi connectivity index (χ4n) is 2.97. The van der Waals surface area contributed by atoms with E-state index in [0.717, 1.165) is 32.0 Å². The molecule has 1 spiro atoms. The number of likely N-dealkylation sites (tertiary alicyclic amines) is 1. The van der Waals surface area contributed by atoms with Gasteiger partial charge in [0.15, 0.2) is 0 Å². The molecule has 2 aliphatic heterocycles. The third-order valence-corrected chi connectivity index (χ3v) is 4.32. The third-order valence-electron chi connectivity index (χ3n) is 4.32. The average Bonchev–Trinajstić information content (AvgIpc) is 3.16. The Morgan fingerprint density at radius 1 is 1.37 bits per heavy atom. The quantitative estimate of drug-likeness (QED) is 0.775. The molecule has 0 radical (unpaired) electrons. The molecule has 108 valence electrons. The summed E-state index contributed by atoms with van der Waals surface area (Å²) in [6.45, 7) is 3.11. The Hall–Kier alpha value is -0.810. The minimum atomic E-state index is -0.127. The van der Waals surface area contributed by atoms with Crippen molar-refractivity contribution in [3.8, 4) is 0 Å². The fourth-order valence-corrected chi connectivity index (χ4v) is 2.97. The SMILES string of the molecule is CN(C)C(=O)N1CC2(C[C@@H](OCC3CC3)CCO2)C1. The Morgan fingerprint density at radius 3 is 2.74 bits per heavy atom. The molecule has 3 fully saturated rings. The van der Waals surface area contributed by atoms with Crippen LogP contribution in [0.3, 0.4) is 0 Å². The van der Waals surface area contributed by atoms with E-state index in [9.17, 15) is 4.79 Å². The van der Waals surface area contributed by atoms with Crippen LogP contribution in [0.15, 0.2) is 0 Å². The van der Waals surface area contributed by atoms with Gasteiger partial charge in [0.05, 0.1) is 19.2 Å². The van der Waals surface area contributed by atoms with Crippen molar-refractivity contribution >= 4 is 6.03 Å². The van der Waals surface area contributed by atoms with Crippen molar-refractivity contribution in [2.45, 2.75) is 37.4 Å². The zero-order chi connectivity index (χ0) is 13.5. The van der Waals surface area contributed by atoms with Crippen molar-refractivity contribution < 1.29 is 14.3 Å². The minimum Gasteiger partial charge on any atom is -0.378 e. The molecule has 0 N–H and O–H groups in total. The molecule has 5 heteroatoms. The summed E-state index contributed by atoms with van der Waals surface area (Å²) >= 11 is 0. The van der Waals surface area contributed by atoms with Gasteiger partial charge in [-0.2, -0.15) is 0 Å². The second-order valence-corrected chi connectivity index (χ2v) is 6.46. The van der Waals surface area contributed by atoms with Crippen molar-refractivity contribution in [3.63, 3.8) is 0 Å². The highest BCUT2D eigenvalue weighted by atomic mass is 16.5. The molecule has 0 aromatic rings. The van der Waals surface area contributed by atoms with Gasteiger partial charge in [-0.25, -0.2) is 4.79 Å². The van der Waals surface area contributed by atoms with Crippen molar-refractivity contribution in [2.24, 2.45) is 5.92 Å². The number of carbonyl (C=O) groups excluding carboxylic acids is 1. The molecule has 2 amide bonds. The molecule has 0 aromatic heterocycles. The predicted octanol–water partition coefficient (Wildman–Crippen LogP) is 1.33. The van der Waals surface area contributed by atoms with Crippen LogP contribution < -0.4 is 0 Å². The Labute approximate surface area is 114 Å². The Bertz CT molecular complexity index is 349. The van der Waals surface area contributed by atoms with Gasteiger partial charge < -0.3 is 19.3 Å². The maximum atomic E-state index is 11.8. The molecule has 3 aliphatic rings. The molecule has 1 aliphatic carbocycles. The number of hydrogen-bond donors (Lipinski definition) is 0. The first kappa shape index (κ1) is 13.2. The van der Waals surface area contributed by atoms with Crippen LogP contribution in [0, 0.1) is 5.92 Å². The Morgan fingerprint density at radius 2 is 2.11 bits per heavy atom. The van der Waals surface area contributed by atoms with Gasteiger partial charge in [0, 0.05) is 33.7 Å². The van der Waals surface area contributed by atoms with E-state index in [4.69, 9.17) is 9.47 Å². The fraction of sp³-hybridized carbons (Fsp3) is 0.929. The first-order valence-electron chi connectivity index (χ1n) is 7.30. The van der Waals surface area contributed by atoms with E-state index in [0.29, 0.717) is 19.2 Å². The highest BCUT2D eigenvalue weighted by Gasteiger charge is 2.50. The van der Waals surface area contributed by atoms with Crippen molar-refractivity contribution in [1.82, 2.24) is 9.80 Å². The maximum absolute atomic E-state index is 11.8. The van der Waals surface area contributed by atoms with Crippen LogP contribution in [0.25, 0.3) is 0 Å². The number of hydrogen-bond acceptors (Lipinski definition) is 3. The standard InChI is InChI=1S/C14H24N2O3/c1-15(2)13(17)16-9-14(10-16)7-12(5-6-19-14)18-8-11-3-4-11/h11-12H,3-10H2,1-2H3/t12-/m0/s1. The summed E-state index contributed by atoms with van der Waals surface area (Å²) < 4.78 is 11.9. The summed E-state index contributed by atoms with van der Waals surface area (Å²) in [5, 5.41) is 0. The van der Waals surface area contributed by atoms with Gasteiger partial charge in [-0.1, -0.05) is 0 Å². The normalized spacial score (nSPS) is 29.2. The smallest absolute Gasteiger partial charge is 0.319 e. The van der Waals surface area contributed by atoms with Gasteiger partial charge in [-0.05, 0) is 25.2 Å². The van der Waals surface area contributed by atoms with Gasteiger partial charge in [0.25, 0.3) is 0 Å². The summed E-state index contributed by atoms with van der Waals surface area (Å²) in [5.74, 6) is 0.812. The van der Waals surface area contributed by atoms with Crippen LogP contribution in [-0.2, 0) is 9.47 Å². The Kier molecular flexibility index (Phi) is 3.43. The highest BCUT2D eigenvalue weighted by Crippen LogP contribution is 2.37. The lowest BCUT2D eigenvalue weighted by atomic mass is 9.85. The van der Waals surface area contributed by atoms with Crippen LogP contribution in [-0.4, -0.2) is 67.9 Å². The molecule has 3 rings (SSSR count). The molecule has 0 bridgehead atoms. The molecular weight excluding hydrogens is 244 g/mol. The second kappa shape index (κ2) is 4.94. The predicted molar refractivity (Wildman–Crippen MR) is 71.0 cm³/mol. The minimum absolute atomic E-state index is 0.0789. The van der Waals surface area contributed by atoms with Crippen molar-refractivity contribution in [2.75, 3.05) is 40.4 Å². The number of urea groups is 1. The third kappa shape index (κ3) is 2.87. The largest absolute Gasteiger partial charge is 0.378 e. The van der Waals surface area contributed by atoms with E-state index in [1.165, 1.54) is 12.8 Å². The lowest BCUT2D eigenvalue weighted by molar-refractivity contribution is -0.187. The maximum Gasteiger partial charge on any atom is 0.319 e. The van der Waals surface area contributed by atoms with Gasteiger partial charge in [0.1, 0.15) is 5.60 Å². The number of carbonyl (C=O) groups is 1. The molecule has 1 atom stereocenters. The van der Waals surface area contributed by atoms with Gasteiger partial charge >= 0.3 is 6.03 Å². The molecule has 0 unspecified atom stereocenters. The molecule has 0 aromatic carbocycles. The van der Waals surface area contributed by atoms with E-state index in [1.54, 1.807) is 19.0 Å². The average molecular weight is 268 g/mol. The van der Waals surface area contributed by atoms with Crippen LogP contribution in [0.1, 0.15) is 25.7 Å². The highest BCUT2D eigenvalue weighted by molar-refractivity contribution is 5.75. The summed E-state index contributed by atoms with van der Waals surface area (Å²) in [6, 6.07) is 0.0789. The van der Waals surface area contributed by atoms with Crippen molar-refractivity contribution in [1.29, 1.82) is 0 Å². The molecule has 2 saturated heterocycles. The van der Waals surface area contributed by atoms with Gasteiger partial charge in [-0.3, -0.25) is 0 Å². The van der Waals surface area contributed by atoms with Crippen LogP contribution in [0.2, 0.25) is 0 Å². The van der Waals surface area contributed by atoms with E-state index >= 15 is 0 Å². The summed E-state index contributed by atoms with van der Waals surface area (Å²) in [5.41, 5.74) is -0.127. The molecule has 5 nitrogen and oxygen atoms in total. The first-order chi connectivity index (χ1) is 9.08. The molecular formula is C14H24N2O3.